The fourth-order valence-electron chi connectivity index (χ4n) is 1.57. The van der Waals surface area contributed by atoms with Gasteiger partial charge in [0.15, 0.2) is 9.84 Å². The molecule has 2 N–H and O–H groups in total. The van der Waals surface area contributed by atoms with E-state index in [1.54, 1.807) is 12.1 Å². The van der Waals surface area contributed by atoms with E-state index in [0.29, 0.717) is 12.8 Å². The summed E-state index contributed by atoms with van der Waals surface area (Å²) in [6, 6.07) is 5.81. The normalized spacial score (nSPS) is 18.7. The molecule has 1 aromatic carbocycles. The van der Waals surface area contributed by atoms with Crippen molar-refractivity contribution < 1.29 is 18.6 Å². The maximum absolute atomic E-state index is 12.0. The molecule has 4 nitrogen and oxygen atoms in total. The Balaban J connectivity index is 2.52. The number of sulfone groups is 1. The van der Waals surface area contributed by atoms with Crippen molar-refractivity contribution in [3.8, 4) is 5.75 Å². The number of para-hydroxylation sites is 1. The topological polar surface area (TPSA) is 74.6 Å². The minimum atomic E-state index is -3.61. The standard InChI is InChI=1S/C10H12O4S/c11-7-10(5-6-10)15(13,14)9-4-2-1-3-8(9)12/h1-4,11-12H,5-7H2. The Hall–Kier alpha value is -1.07. The van der Waals surface area contributed by atoms with Gasteiger partial charge >= 0.3 is 0 Å². The van der Waals surface area contributed by atoms with Gasteiger partial charge in [-0.15, -0.1) is 0 Å². The molecule has 15 heavy (non-hydrogen) atoms. The molecule has 0 aromatic heterocycles. The summed E-state index contributed by atoms with van der Waals surface area (Å²) in [5.41, 5.74) is 0. The third kappa shape index (κ3) is 1.42. The molecule has 1 aromatic rings. The summed E-state index contributed by atoms with van der Waals surface area (Å²) in [4.78, 5) is -0.0865. The van der Waals surface area contributed by atoms with Crippen molar-refractivity contribution in [3.63, 3.8) is 0 Å². The maximum Gasteiger partial charge on any atom is 0.189 e. The quantitative estimate of drug-likeness (QED) is 0.798. The molecule has 0 spiro atoms. The van der Waals surface area contributed by atoms with E-state index in [1.165, 1.54) is 12.1 Å². The third-order valence-corrected chi connectivity index (χ3v) is 5.42. The number of hydrogen-bond acceptors (Lipinski definition) is 4. The van der Waals surface area contributed by atoms with E-state index in [2.05, 4.69) is 0 Å². The molecule has 0 heterocycles. The van der Waals surface area contributed by atoms with Gasteiger partial charge in [0, 0.05) is 0 Å². The van der Waals surface area contributed by atoms with Gasteiger partial charge in [-0.2, -0.15) is 0 Å². The molecule has 0 aliphatic heterocycles. The molecule has 0 saturated heterocycles. The Labute approximate surface area is 88.1 Å². The molecule has 1 saturated carbocycles. The minimum absolute atomic E-state index is 0.0865. The van der Waals surface area contributed by atoms with Gasteiger partial charge in [-0.3, -0.25) is 0 Å². The predicted octanol–water partition coefficient (Wildman–Crippen LogP) is 0.691. The minimum Gasteiger partial charge on any atom is -0.507 e. The second-order valence-electron chi connectivity index (χ2n) is 3.81. The number of aliphatic hydroxyl groups excluding tert-OH is 1. The second-order valence-corrected chi connectivity index (χ2v) is 6.13. The van der Waals surface area contributed by atoms with Crippen molar-refractivity contribution in [2.45, 2.75) is 22.5 Å². The van der Waals surface area contributed by atoms with E-state index in [0.717, 1.165) is 0 Å². The third-order valence-electron chi connectivity index (χ3n) is 2.82. The average molecular weight is 228 g/mol. The summed E-state index contributed by atoms with van der Waals surface area (Å²) in [6.45, 7) is -0.385. The smallest absolute Gasteiger partial charge is 0.189 e. The number of aromatic hydroxyl groups is 1. The SMILES string of the molecule is O=S(=O)(c1ccccc1O)C1(CO)CC1. The number of phenols is 1. The second kappa shape index (κ2) is 3.21. The molecule has 0 atom stereocenters. The van der Waals surface area contributed by atoms with Crippen molar-refractivity contribution >= 4 is 9.84 Å². The molecular formula is C10H12O4S. The summed E-state index contributed by atoms with van der Waals surface area (Å²) < 4.78 is 23.0. The number of aliphatic hydroxyl groups is 1. The van der Waals surface area contributed by atoms with Crippen LogP contribution in [0.2, 0.25) is 0 Å². The summed E-state index contributed by atoms with van der Waals surface area (Å²) in [5.74, 6) is -0.253. The van der Waals surface area contributed by atoms with Gasteiger partial charge in [-0.1, -0.05) is 12.1 Å². The van der Waals surface area contributed by atoms with Crippen molar-refractivity contribution in [3.05, 3.63) is 24.3 Å². The van der Waals surface area contributed by atoms with E-state index in [4.69, 9.17) is 5.11 Å². The number of hydrogen-bond donors (Lipinski definition) is 2. The van der Waals surface area contributed by atoms with Crippen LogP contribution in [0.5, 0.6) is 5.75 Å². The Morgan fingerprint density at radius 1 is 1.27 bits per heavy atom. The van der Waals surface area contributed by atoms with Crippen LogP contribution in [0.3, 0.4) is 0 Å². The molecule has 82 valence electrons. The molecule has 1 aliphatic rings. The van der Waals surface area contributed by atoms with Crippen LogP contribution in [0, 0.1) is 0 Å². The fourth-order valence-corrected chi connectivity index (χ4v) is 3.45. The molecule has 1 fully saturated rings. The summed E-state index contributed by atoms with van der Waals surface area (Å²) in [7, 11) is -3.61. The van der Waals surface area contributed by atoms with Gasteiger partial charge in [0.2, 0.25) is 0 Å². The van der Waals surface area contributed by atoms with Crippen LogP contribution in [0.15, 0.2) is 29.2 Å². The van der Waals surface area contributed by atoms with Crippen LogP contribution < -0.4 is 0 Å². The lowest BCUT2D eigenvalue weighted by atomic mass is 10.3. The first-order chi connectivity index (χ1) is 7.03. The first-order valence-electron chi connectivity index (χ1n) is 4.67. The van der Waals surface area contributed by atoms with Crippen molar-refractivity contribution in [2.75, 3.05) is 6.61 Å². The van der Waals surface area contributed by atoms with E-state index in [1.807, 2.05) is 0 Å². The van der Waals surface area contributed by atoms with E-state index < -0.39 is 14.6 Å². The van der Waals surface area contributed by atoms with Crippen LogP contribution in [0.4, 0.5) is 0 Å². The van der Waals surface area contributed by atoms with Crippen molar-refractivity contribution in [1.82, 2.24) is 0 Å². The highest BCUT2D eigenvalue weighted by Crippen LogP contribution is 2.47. The van der Waals surface area contributed by atoms with E-state index in [9.17, 15) is 13.5 Å². The zero-order valence-corrected chi connectivity index (χ0v) is 8.87. The lowest BCUT2D eigenvalue weighted by Crippen LogP contribution is -2.27. The average Bonchev–Trinajstić information content (AvgIpc) is 2.98. The van der Waals surface area contributed by atoms with Gasteiger partial charge in [0.05, 0.1) is 6.61 Å². The van der Waals surface area contributed by atoms with Crippen LogP contribution in [-0.4, -0.2) is 30.0 Å². The zero-order valence-electron chi connectivity index (χ0n) is 8.05. The molecule has 2 rings (SSSR count). The highest BCUT2D eigenvalue weighted by Gasteiger charge is 2.55. The van der Waals surface area contributed by atoms with Crippen molar-refractivity contribution in [1.29, 1.82) is 0 Å². The molecule has 0 amide bonds. The molecule has 0 unspecified atom stereocenters. The molecule has 5 heteroatoms. The number of benzene rings is 1. The van der Waals surface area contributed by atoms with Crippen molar-refractivity contribution in [2.24, 2.45) is 0 Å². The molecule has 0 radical (unpaired) electrons. The first kappa shape index (κ1) is 10.4. The lowest BCUT2D eigenvalue weighted by molar-refractivity contribution is 0.283. The summed E-state index contributed by atoms with van der Waals surface area (Å²) in [5, 5.41) is 18.6. The largest absolute Gasteiger partial charge is 0.507 e. The summed E-state index contributed by atoms with van der Waals surface area (Å²) in [6.07, 6.45) is 0.917. The highest BCUT2D eigenvalue weighted by molar-refractivity contribution is 7.93. The van der Waals surface area contributed by atoms with Gasteiger partial charge in [-0.05, 0) is 25.0 Å². The Bertz CT molecular complexity index is 474. The van der Waals surface area contributed by atoms with E-state index >= 15 is 0 Å². The first-order valence-corrected chi connectivity index (χ1v) is 6.15. The van der Waals surface area contributed by atoms with Crippen LogP contribution in [0.25, 0.3) is 0 Å². The lowest BCUT2D eigenvalue weighted by Gasteiger charge is -2.13. The van der Waals surface area contributed by atoms with Gasteiger partial charge in [0.1, 0.15) is 15.4 Å². The molecule has 0 bridgehead atoms. The van der Waals surface area contributed by atoms with Gasteiger partial charge in [-0.25, -0.2) is 8.42 Å². The zero-order chi connectivity index (χ0) is 11.1. The van der Waals surface area contributed by atoms with E-state index in [-0.39, 0.29) is 17.3 Å². The molecular weight excluding hydrogens is 216 g/mol. The number of phenolic OH excluding ortho intramolecular Hbond substituents is 1. The summed E-state index contributed by atoms with van der Waals surface area (Å²) >= 11 is 0. The highest BCUT2D eigenvalue weighted by atomic mass is 32.2. The maximum atomic E-state index is 12.0. The monoisotopic (exact) mass is 228 g/mol. The van der Waals surface area contributed by atoms with Crippen LogP contribution in [-0.2, 0) is 9.84 Å². The molecule has 1 aliphatic carbocycles. The Morgan fingerprint density at radius 3 is 2.33 bits per heavy atom. The van der Waals surface area contributed by atoms with Gasteiger partial charge < -0.3 is 10.2 Å². The fraction of sp³-hybridized carbons (Fsp3) is 0.400. The predicted molar refractivity (Wildman–Crippen MR) is 54.3 cm³/mol. The number of rotatable bonds is 3. The van der Waals surface area contributed by atoms with Gasteiger partial charge in [0.25, 0.3) is 0 Å². The van der Waals surface area contributed by atoms with Crippen LogP contribution in [0.1, 0.15) is 12.8 Å². The Morgan fingerprint density at radius 2 is 1.87 bits per heavy atom. The Kier molecular flexibility index (Phi) is 2.24. The van der Waals surface area contributed by atoms with Crippen LogP contribution >= 0.6 is 0 Å².